The number of hydrogen-bond donors (Lipinski definition) is 1. The van der Waals surface area contributed by atoms with Gasteiger partial charge < -0.3 is 14.8 Å². The van der Waals surface area contributed by atoms with Crippen molar-refractivity contribution < 1.29 is 19.1 Å². The maximum atomic E-state index is 12.4. The molecule has 6 heteroatoms. The number of ether oxygens (including phenoxy) is 2. The summed E-state index contributed by atoms with van der Waals surface area (Å²) < 4.78 is 10.8. The van der Waals surface area contributed by atoms with Crippen LogP contribution in [0.3, 0.4) is 0 Å². The lowest BCUT2D eigenvalue weighted by Crippen LogP contribution is -2.50. The maximum Gasteiger partial charge on any atom is 0.329 e. The summed E-state index contributed by atoms with van der Waals surface area (Å²) in [4.78, 5) is 25.6. The number of thiophene rings is 1. The van der Waals surface area contributed by atoms with Gasteiger partial charge in [-0.3, -0.25) is 4.79 Å². The number of carbonyl (C=O) groups excluding carboxylic acids is 2. The highest BCUT2D eigenvalue weighted by Crippen LogP contribution is 2.34. The predicted octanol–water partition coefficient (Wildman–Crippen LogP) is 2.85. The second kappa shape index (κ2) is 7.45. The van der Waals surface area contributed by atoms with Gasteiger partial charge in [0.2, 0.25) is 5.91 Å². The van der Waals surface area contributed by atoms with Crippen molar-refractivity contribution in [3.05, 3.63) is 21.9 Å². The Morgan fingerprint density at radius 2 is 2.22 bits per heavy atom. The first kappa shape index (κ1) is 17.9. The van der Waals surface area contributed by atoms with Gasteiger partial charge in [-0.1, -0.05) is 20.8 Å². The summed E-state index contributed by atoms with van der Waals surface area (Å²) in [5.74, 6) is -0.584. The molecule has 128 valence electrons. The topological polar surface area (TPSA) is 64.6 Å². The number of hydrogen-bond acceptors (Lipinski definition) is 5. The summed E-state index contributed by atoms with van der Waals surface area (Å²) in [7, 11) is 0. The van der Waals surface area contributed by atoms with Gasteiger partial charge in [-0.05, 0) is 35.8 Å². The second-order valence-corrected chi connectivity index (χ2v) is 7.69. The van der Waals surface area contributed by atoms with Crippen molar-refractivity contribution in [2.75, 3.05) is 13.2 Å². The average molecular weight is 339 g/mol. The van der Waals surface area contributed by atoms with Gasteiger partial charge in [0, 0.05) is 4.88 Å². The molecule has 2 rings (SSSR count). The van der Waals surface area contributed by atoms with Gasteiger partial charge in [0.15, 0.2) is 0 Å². The molecule has 5 nitrogen and oxygen atoms in total. The first-order valence-corrected chi connectivity index (χ1v) is 8.84. The third-order valence-electron chi connectivity index (χ3n) is 3.83. The zero-order valence-electron chi connectivity index (χ0n) is 14.2. The minimum Gasteiger partial charge on any atom is -0.464 e. The van der Waals surface area contributed by atoms with E-state index in [1.807, 2.05) is 26.2 Å². The van der Waals surface area contributed by atoms with Gasteiger partial charge >= 0.3 is 5.97 Å². The Labute approximate surface area is 141 Å². The predicted molar refractivity (Wildman–Crippen MR) is 89.4 cm³/mol. The van der Waals surface area contributed by atoms with E-state index in [0.717, 1.165) is 11.3 Å². The van der Waals surface area contributed by atoms with Crippen molar-refractivity contribution in [2.24, 2.45) is 5.41 Å². The Bertz CT molecular complexity index is 561. The van der Waals surface area contributed by atoms with Crippen molar-refractivity contribution >= 4 is 23.2 Å². The molecule has 0 aromatic carbocycles. The molecule has 1 aliphatic heterocycles. The summed E-state index contributed by atoms with van der Waals surface area (Å²) in [6.45, 7) is 8.40. The van der Waals surface area contributed by atoms with Crippen molar-refractivity contribution in [3.8, 4) is 0 Å². The molecule has 0 bridgehead atoms. The van der Waals surface area contributed by atoms with Gasteiger partial charge in [0.1, 0.15) is 12.1 Å². The lowest BCUT2D eigenvalue weighted by Gasteiger charge is -2.30. The first-order valence-electron chi connectivity index (χ1n) is 7.96. The molecule has 0 radical (unpaired) electrons. The van der Waals surface area contributed by atoms with E-state index in [9.17, 15) is 9.59 Å². The Kier molecular flexibility index (Phi) is 5.81. The quantitative estimate of drug-likeness (QED) is 0.838. The van der Waals surface area contributed by atoms with E-state index in [1.165, 1.54) is 5.56 Å². The fourth-order valence-corrected chi connectivity index (χ4v) is 3.62. The van der Waals surface area contributed by atoms with Crippen molar-refractivity contribution in [2.45, 2.75) is 52.7 Å². The normalized spacial score (nSPS) is 18.9. The molecule has 2 atom stereocenters. The minimum absolute atomic E-state index is 0.191. The van der Waals surface area contributed by atoms with Crippen LogP contribution in [0.2, 0.25) is 0 Å². The Morgan fingerprint density at radius 1 is 1.48 bits per heavy atom. The van der Waals surface area contributed by atoms with Crippen LogP contribution in [0.5, 0.6) is 0 Å². The molecule has 1 aromatic rings. The Balaban J connectivity index is 2.02. The van der Waals surface area contributed by atoms with E-state index in [2.05, 4.69) is 11.4 Å². The monoisotopic (exact) mass is 339 g/mol. The number of fused-ring (bicyclic) bond motifs is 1. The van der Waals surface area contributed by atoms with Crippen LogP contribution in [-0.4, -0.2) is 31.1 Å². The summed E-state index contributed by atoms with van der Waals surface area (Å²) in [6.07, 6.45) is 0.894. The van der Waals surface area contributed by atoms with Crippen LogP contribution in [0.4, 0.5) is 0 Å². The van der Waals surface area contributed by atoms with Gasteiger partial charge in [-0.25, -0.2) is 4.79 Å². The summed E-state index contributed by atoms with van der Waals surface area (Å²) in [5.41, 5.74) is 0.848. The summed E-state index contributed by atoms with van der Waals surface area (Å²) >= 11 is 1.62. The first-order chi connectivity index (χ1) is 10.8. The Hall–Kier alpha value is -1.40. The molecule has 23 heavy (non-hydrogen) atoms. The highest BCUT2D eigenvalue weighted by Gasteiger charge is 2.35. The third kappa shape index (κ3) is 4.54. The largest absolute Gasteiger partial charge is 0.464 e. The highest BCUT2D eigenvalue weighted by molar-refractivity contribution is 7.10. The number of esters is 1. The highest BCUT2D eigenvalue weighted by atomic mass is 32.1. The minimum atomic E-state index is -0.665. The summed E-state index contributed by atoms with van der Waals surface area (Å²) in [5, 5.41) is 4.85. The van der Waals surface area contributed by atoms with Gasteiger partial charge in [-0.15, -0.1) is 11.3 Å². The van der Waals surface area contributed by atoms with Crippen LogP contribution in [0, 0.1) is 5.41 Å². The van der Waals surface area contributed by atoms with Crippen LogP contribution in [0.1, 0.15) is 50.7 Å². The van der Waals surface area contributed by atoms with Gasteiger partial charge in [0.05, 0.1) is 19.6 Å². The van der Waals surface area contributed by atoms with Crippen molar-refractivity contribution in [1.29, 1.82) is 0 Å². The second-order valence-electron chi connectivity index (χ2n) is 6.74. The van der Waals surface area contributed by atoms with E-state index < -0.39 is 17.4 Å². The molecule has 1 amide bonds. The van der Waals surface area contributed by atoms with E-state index in [0.29, 0.717) is 13.2 Å². The molecule has 0 spiro atoms. The van der Waals surface area contributed by atoms with Crippen LogP contribution < -0.4 is 5.32 Å². The van der Waals surface area contributed by atoms with Gasteiger partial charge in [-0.2, -0.15) is 0 Å². The standard InChI is InChI=1S/C17H25NO4S/c1-5-21-16(20)15(17(2,3)4)18-13(19)10-12-14-11(6-8-22-12)7-9-23-14/h7,9,12,15H,5-6,8,10H2,1-4H3,(H,18,19)/t12-,15+/m0/s1. The zero-order chi connectivity index (χ0) is 17.0. The number of amides is 1. The molecule has 0 unspecified atom stereocenters. The summed E-state index contributed by atoms with van der Waals surface area (Å²) in [6, 6.07) is 1.42. The molecule has 2 heterocycles. The number of nitrogens with one attached hydrogen (secondary N) is 1. The molecule has 0 aliphatic carbocycles. The van der Waals surface area contributed by atoms with Crippen LogP contribution in [0.25, 0.3) is 0 Å². The number of rotatable bonds is 5. The van der Waals surface area contributed by atoms with Crippen molar-refractivity contribution in [3.63, 3.8) is 0 Å². The van der Waals surface area contributed by atoms with Crippen LogP contribution >= 0.6 is 11.3 Å². The van der Waals surface area contributed by atoms with E-state index in [1.54, 1.807) is 18.3 Å². The molecule has 1 aliphatic rings. The molecule has 1 N–H and O–H groups in total. The molecule has 0 saturated heterocycles. The van der Waals surface area contributed by atoms with Gasteiger partial charge in [0.25, 0.3) is 0 Å². The zero-order valence-corrected chi connectivity index (χ0v) is 15.0. The SMILES string of the molecule is CCOC(=O)[C@@H](NC(=O)C[C@@H]1OCCc2ccsc21)C(C)(C)C. The molecule has 1 aromatic heterocycles. The number of carbonyl (C=O) groups is 2. The smallest absolute Gasteiger partial charge is 0.329 e. The molecule has 0 fully saturated rings. The lowest BCUT2D eigenvalue weighted by atomic mass is 9.86. The van der Waals surface area contributed by atoms with E-state index in [-0.39, 0.29) is 18.4 Å². The van der Waals surface area contributed by atoms with Crippen LogP contribution in [0.15, 0.2) is 11.4 Å². The van der Waals surface area contributed by atoms with E-state index in [4.69, 9.17) is 9.47 Å². The van der Waals surface area contributed by atoms with Crippen LogP contribution in [-0.2, 0) is 25.5 Å². The fourth-order valence-electron chi connectivity index (χ4n) is 2.62. The molecular weight excluding hydrogens is 314 g/mol. The van der Waals surface area contributed by atoms with Crippen molar-refractivity contribution in [1.82, 2.24) is 5.32 Å². The molecular formula is C17H25NO4S. The maximum absolute atomic E-state index is 12.4. The van der Waals surface area contributed by atoms with E-state index >= 15 is 0 Å². The fraction of sp³-hybridized carbons (Fsp3) is 0.647. The third-order valence-corrected chi connectivity index (χ3v) is 4.88. The molecule has 0 saturated carbocycles. The Morgan fingerprint density at radius 3 is 2.87 bits per heavy atom. The average Bonchev–Trinajstić information content (AvgIpc) is 2.93. The lowest BCUT2D eigenvalue weighted by molar-refractivity contribution is -0.151.